The van der Waals surface area contributed by atoms with Crippen LogP contribution in [0.3, 0.4) is 0 Å². The Hall–Kier alpha value is -3.85. The smallest absolute Gasteiger partial charge is 0.258 e. The second kappa shape index (κ2) is 9.79. The number of halogens is 1. The Bertz CT molecular complexity index is 1380. The van der Waals surface area contributed by atoms with Crippen LogP contribution in [0.25, 0.3) is 22.3 Å². The zero-order valence-corrected chi connectivity index (χ0v) is 21.0. The zero-order valence-electron chi connectivity index (χ0n) is 20.2. The molecule has 182 valence electrons. The van der Waals surface area contributed by atoms with Gasteiger partial charge in [-0.3, -0.25) is 9.48 Å². The lowest BCUT2D eigenvalue weighted by molar-refractivity contribution is -0.124. The van der Waals surface area contributed by atoms with Crippen molar-refractivity contribution in [2.45, 2.75) is 26.3 Å². The summed E-state index contributed by atoms with van der Waals surface area (Å²) in [7, 11) is 3.39. The molecule has 2 N–H and O–H groups in total. The highest BCUT2D eigenvalue weighted by Crippen LogP contribution is 2.38. The van der Waals surface area contributed by atoms with Crippen molar-refractivity contribution in [1.29, 1.82) is 0 Å². The van der Waals surface area contributed by atoms with Crippen molar-refractivity contribution < 1.29 is 14.3 Å². The summed E-state index contributed by atoms with van der Waals surface area (Å²) in [6.45, 7) is 5.66. The molecule has 1 amide bonds. The van der Waals surface area contributed by atoms with Gasteiger partial charge in [-0.25, -0.2) is 9.97 Å². The van der Waals surface area contributed by atoms with Crippen LogP contribution in [0.5, 0.6) is 11.5 Å². The number of amides is 1. The number of hydrogen-bond acceptors (Lipinski definition) is 7. The lowest BCUT2D eigenvalue weighted by atomic mass is 10.1. The van der Waals surface area contributed by atoms with Crippen LogP contribution in [-0.2, 0) is 11.8 Å². The van der Waals surface area contributed by atoms with Gasteiger partial charge in [0, 0.05) is 24.3 Å². The van der Waals surface area contributed by atoms with E-state index in [-0.39, 0.29) is 18.1 Å². The second-order valence-corrected chi connectivity index (χ2v) is 9.39. The number of carbonyl (C=O) groups excluding carboxylic acids is 1. The molecule has 35 heavy (non-hydrogen) atoms. The minimum atomic E-state index is -0.331. The van der Waals surface area contributed by atoms with Crippen LogP contribution in [-0.4, -0.2) is 44.9 Å². The molecular weight excluding hydrogens is 468 g/mol. The minimum Gasteiger partial charge on any atom is -0.495 e. The lowest BCUT2D eigenvalue weighted by Gasteiger charge is -2.20. The van der Waals surface area contributed by atoms with Crippen LogP contribution in [0.4, 0.5) is 11.5 Å². The molecule has 0 saturated carbocycles. The van der Waals surface area contributed by atoms with E-state index in [1.54, 1.807) is 36.2 Å². The number of nitrogens with zero attached hydrogens (tertiary/aromatic N) is 4. The third-order valence-electron chi connectivity index (χ3n) is 4.93. The molecule has 4 aromatic rings. The Morgan fingerprint density at radius 1 is 1.17 bits per heavy atom. The largest absolute Gasteiger partial charge is 0.495 e. The maximum atomic E-state index is 12.1. The maximum Gasteiger partial charge on any atom is 0.258 e. The molecule has 2 aromatic heterocycles. The fourth-order valence-corrected chi connectivity index (χ4v) is 3.82. The van der Waals surface area contributed by atoms with Gasteiger partial charge in [0.2, 0.25) is 0 Å². The normalized spacial score (nSPS) is 11.4. The fourth-order valence-electron chi connectivity index (χ4n) is 3.49. The summed E-state index contributed by atoms with van der Waals surface area (Å²) < 4.78 is 12.8. The summed E-state index contributed by atoms with van der Waals surface area (Å²) in [5, 5.41) is 11.4. The Morgan fingerprint density at radius 2 is 1.97 bits per heavy atom. The van der Waals surface area contributed by atoms with E-state index in [9.17, 15) is 4.79 Å². The third-order valence-corrected chi connectivity index (χ3v) is 5.30. The van der Waals surface area contributed by atoms with Crippen LogP contribution in [0.15, 0.2) is 48.8 Å². The monoisotopic (exact) mass is 494 g/mol. The van der Waals surface area contributed by atoms with Gasteiger partial charge >= 0.3 is 0 Å². The molecule has 0 unspecified atom stereocenters. The molecule has 2 heterocycles. The van der Waals surface area contributed by atoms with E-state index in [1.165, 1.54) is 0 Å². The number of nitrogens with one attached hydrogen (secondary N) is 2. The predicted octanol–water partition coefficient (Wildman–Crippen LogP) is 4.73. The molecular formula is C25H27ClN6O3. The van der Waals surface area contributed by atoms with E-state index in [4.69, 9.17) is 31.0 Å². The molecule has 0 bridgehead atoms. The Balaban J connectivity index is 1.70. The predicted molar refractivity (Wildman–Crippen MR) is 136 cm³/mol. The average Bonchev–Trinajstić information content (AvgIpc) is 3.21. The number of aryl methyl sites for hydroxylation is 1. The van der Waals surface area contributed by atoms with E-state index in [0.29, 0.717) is 39.1 Å². The van der Waals surface area contributed by atoms with Gasteiger partial charge in [-0.05, 0) is 45.0 Å². The number of aromatic nitrogens is 4. The number of benzene rings is 2. The van der Waals surface area contributed by atoms with E-state index < -0.39 is 0 Å². The summed E-state index contributed by atoms with van der Waals surface area (Å²) in [6, 6.07) is 10.9. The van der Waals surface area contributed by atoms with Crippen LogP contribution in [0.2, 0.25) is 5.02 Å². The summed E-state index contributed by atoms with van der Waals surface area (Å²) in [4.78, 5) is 21.6. The summed E-state index contributed by atoms with van der Waals surface area (Å²) in [6.07, 6.45) is 3.53. The van der Waals surface area contributed by atoms with Crippen LogP contribution < -0.4 is 20.1 Å². The summed E-state index contributed by atoms with van der Waals surface area (Å²) in [5.74, 6) is 1.84. The number of fused-ring (bicyclic) bond motifs is 1. The molecule has 4 rings (SSSR count). The van der Waals surface area contributed by atoms with Crippen LogP contribution in [0, 0.1) is 0 Å². The number of carbonyl (C=O) groups is 1. The van der Waals surface area contributed by atoms with Crippen molar-refractivity contribution in [3.63, 3.8) is 0 Å². The van der Waals surface area contributed by atoms with Gasteiger partial charge in [-0.2, -0.15) is 5.10 Å². The van der Waals surface area contributed by atoms with E-state index in [1.807, 2.05) is 52.2 Å². The second-order valence-electron chi connectivity index (χ2n) is 9.01. The molecule has 9 nitrogen and oxygen atoms in total. The number of hydrogen-bond donors (Lipinski definition) is 2. The van der Waals surface area contributed by atoms with Gasteiger partial charge in [-0.1, -0.05) is 23.7 Å². The molecule has 0 radical (unpaired) electrons. The van der Waals surface area contributed by atoms with Gasteiger partial charge in [0.25, 0.3) is 5.91 Å². The topological polar surface area (TPSA) is 103 Å². The van der Waals surface area contributed by atoms with Crippen molar-refractivity contribution in [3.05, 3.63) is 53.8 Å². The van der Waals surface area contributed by atoms with Crippen molar-refractivity contribution in [1.82, 2.24) is 25.1 Å². The quantitative estimate of drug-likeness (QED) is 0.383. The molecule has 0 saturated heterocycles. The highest BCUT2D eigenvalue weighted by atomic mass is 35.5. The molecule has 2 aromatic carbocycles. The van der Waals surface area contributed by atoms with Crippen LogP contribution in [0.1, 0.15) is 20.8 Å². The molecule has 0 atom stereocenters. The Kier molecular flexibility index (Phi) is 6.79. The Labute approximate surface area is 208 Å². The van der Waals surface area contributed by atoms with Gasteiger partial charge < -0.3 is 20.1 Å². The number of ether oxygens (including phenoxy) is 2. The van der Waals surface area contributed by atoms with Gasteiger partial charge in [0.15, 0.2) is 12.4 Å². The zero-order chi connectivity index (χ0) is 25.2. The minimum absolute atomic E-state index is 0.0947. The van der Waals surface area contributed by atoms with E-state index >= 15 is 0 Å². The molecule has 10 heteroatoms. The average molecular weight is 495 g/mol. The highest BCUT2D eigenvalue weighted by molar-refractivity contribution is 6.38. The first-order valence-corrected chi connectivity index (χ1v) is 11.3. The maximum absolute atomic E-state index is 12.1. The van der Waals surface area contributed by atoms with Gasteiger partial charge in [-0.15, -0.1) is 0 Å². The molecule has 0 aliphatic carbocycles. The van der Waals surface area contributed by atoms with E-state index in [2.05, 4.69) is 15.7 Å². The number of anilines is 2. The molecule has 0 spiro atoms. The van der Waals surface area contributed by atoms with Gasteiger partial charge in [0.05, 0.1) is 34.9 Å². The SMILES string of the molecule is COc1ccc2nc(-c3cccc(OCC(=O)NC(C)(C)C)c3)nc(Nc3cnn(C)c3)c2c1Cl. The highest BCUT2D eigenvalue weighted by Gasteiger charge is 2.17. The summed E-state index contributed by atoms with van der Waals surface area (Å²) in [5.41, 5.74) is 1.78. The van der Waals surface area contributed by atoms with Crippen molar-refractivity contribution in [2.75, 3.05) is 19.0 Å². The first kappa shape index (κ1) is 24.3. The molecule has 0 fully saturated rings. The Morgan fingerprint density at radius 3 is 2.66 bits per heavy atom. The fraction of sp³-hybridized carbons (Fsp3) is 0.280. The van der Waals surface area contributed by atoms with Crippen molar-refractivity contribution >= 4 is 39.9 Å². The lowest BCUT2D eigenvalue weighted by Crippen LogP contribution is -2.43. The third kappa shape index (κ3) is 5.81. The van der Waals surface area contributed by atoms with Crippen molar-refractivity contribution in [3.8, 4) is 22.9 Å². The first-order valence-electron chi connectivity index (χ1n) is 11.0. The van der Waals surface area contributed by atoms with Crippen LogP contribution >= 0.6 is 11.6 Å². The van der Waals surface area contributed by atoms with E-state index in [0.717, 1.165) is 11.3 Å². The van der Waals surface area contributed by atoms with Gasteiger partial charge in [0.1, 0.15) is 17.3 Å². The molecule has 0 aliphatic heterocycles. The summed E-state index contributed by atoms with van der Waals surface area (Å²) >= 11 is 6.63. The molecule has 0 aliphatic rings. The number of methoxy groups -OCH3 is 1. The first-order chi connectivity index (χ1) is 16.6. The number of rotatable bonds is 7. The van der Waals surface area contributed by atoms with Crippen molar-refractivity contribution in [2.24, 2.45) is 7.05 Å². The standard InChI is InChI=1S/C25H27ClN6O3/c1-25(2,3)31-20(33)14-35-17-8-6-7-15(11-17)23-29-18-9-10-19(34-5)22(26)21(18)24(30-23)28-16-12-27-32(4)13-16/h6-13H,14H2,1-5H3,(H,31,33)(H,28,29,30).